The standard InChI is InChI=1S/C25H37N5O5/c1-14(2)9-19(23(32)30-21(25(34)35)10-15(3)4)29-24(33)20(28-22(31)12-26)11-16-13-27-18-8-6-5-7-17(16)18/h5-8,13-15,19-21,27H,9-12,26H2,1-4H3,(H,28,31)(H,29,33)(H,30,32)(H,34,35). The van der Waals surface area contributed by atoms with Crippen molar-refractivity contribution in [3.8, 4) is 0 Å². The number of carbonyl (C=O) groups excluding carboxylic acids is 3. The number of H-pyrrole nitrogens is 1. The molecule has 0 radical (unpaired) electrons. The zero-order valence-electron chi connectivity index (χ0n) is 20.8. The van der Waals surface area contributed by atoms with Crippen LogP contribution in [0, 0.1) is 11.8 Å². The minimum absolute atomic E-state index is 0.0464. The zero-order chi connectivity index (χ0) is 26.1. The van der Waals surface area contributed by atoms with Gasteiger partial charge in [-0.15, -0.1) is 0 Å². The van der Waals surface area contributed by atoms with E-state index in [4.69, 9.17) is 5.73 Å². The number of amides is 3. The summed E-state index contributed by atoms with van der Waals surface area (Å²) in [6.45, 7) is 7.24. The van der Waals surface area contributed by atoms with E-state index in [2.05, 4.69) is 20.9 Å². The first-order valence-electron chi connectivity index (χ1n) is 11.9. The molecule has 192 valence electrons. The lowest BCUT2D eigenvalue weighted by Gasteiger charge is -2.26. The lowest BCUT2D eigenvalue weighted by atomic mass is 9.99. The maximum absolute atomic E-state index is 13.3. The van der Waals surface area contributed by atoms with Gasteiger partial charge < -0.3 is 31.8 Å². The second-order valence-corrected chi connectivity index (χ2v) is 9.61. The van der Waals surface area contributed by atoms with E-state index >= 15 is 0 Å². The van der Waals surface area contributed by atoms with Gasteiger partial charge in [-0.25, -0.2) is 4.79 Å². The number of para-hydroxylation sites is 1. The van der Waals surface area contributed by atoms with E-state index in [0.29, 0.717) is 6.42 Å². The maximum Gasteiger partial charge on any atom is 0.326 e. The van der Waals surface area contributed by atoms with E-state index in [0.717, 1.165) is 16.5 Å². The number of nitrogens with one attached hydrogen (secondary N) is 4. The summed E-state index contributed by atoms with van der Waals surface area (Å²) in [5, 5.41) is 18.3. The minimum Gasteiger partial charge on any atom is -0.480 e. The third-order valence-corrected chi connectivity index (χ3v) is 5.60. The smallest absolute Gasteiger partial charge is 0.326 e. The number of carboxylic acid groups (broad SMARTS) is 1. The Morgan fingerprint density at radius 1 is 0.886 bits per heavy atom. The second kappa shape index (κ2) is 12.9. The van der Waals surface area contributed by atoms with Crippen LogP contribution in [0.5, 0.6) is 0 Å². The quantitative estimate of drug-likeness (QED) is 0.249. The number of aromatic nitrogens is 1. The summed E-state index contributed by atoms with van der Waals surface area (Å²) < 4.78 is 0. The van der Waals surface area contributed by atoms with Crippen molar-refractivity contribution in [2.75, 3.05) is 6.54 Å². The SMILES string of the molecule is CC(C)CC(NC(=O)C(CC(C)C)NC(=O)C(Cc1c[nH]c2ccccc12)NC(=O)CN)C(=O)O. The zero-order valence-corrected chi connectivity index (χ0v) is 20.8. The largest absolute Gasteiger partial charge is 0.480 e. The van der Waals surface area contributed by atoms with E-state index in [9.17, 15) is 24.3 Å². The van der Waals surface area contributed by atoms with Gasteiger partial charge in [0.15, 0.2) is 0 Å². The molecule has 3 unspecified atom stereocenters. The summed E-state index contributed by atoms with van der Waals surface area (Å²) in [6.07, 6.45) is 2.53. The predicted molar refractivity (Wildman–Crippen MR) is 133 cm³/mol. The third-order valence-electron chi connectivity index (χ3n) is 5.60. The Bertz CT molecular complexity index is 1030. The molecule has 1 aromatic heterocycles. The fourth-order valence-corrected chi connectivity index (χ4v) is 3.92. The molecule has 0 aliphatic heterocycles. The van der Waals surface area contributed by atoms with Crippen molar-refractivity contribution in [2.45, 2.75) is 65.1 Å². The molecule has 0 fully saturated rings. The van der Waals surface area contributed by atoms with Crippen LogP contribution in [-0.4, -0.2) is 58.5 Å². The Hall–Kier alpha value is -3.40. The number of nitrogens with two attached hydrogens (primary N) is 1. The average Bonchev–Trinajstić information content (AvgIpc) is 3.19. The molecular weight excluding hydrogens is 450 g/mol. The first kappa shape index (κ1) is 27.8. The summed E-state index contributed by atoms with van der Waals surface area (Å²) in [6, 6.07) is 4.60. The number of hydrogen-bond acceptors (Lipinski definition) is 5. The van der Waals surface area contributed by atoms with Crippen molar-refractivity contribution >= 4 is 34.6 Å². The van der Waals surface area contributed by atoms with Crippen LogP contribution in [0.2, 0.25) is 0 Å². The number of aliphatic carboxylic acids is 1. The van der Waals surface area contributed by atoms with E-state index in [1.54, 1.807) is 6.20 Å². The van der Waals surface area contributed by atoms with Crippen LogP contribution in [0.3, 0.4) is 0 Å². The molecule has 7 N–H and O–H groups in total. The number of carbonyl (C=O) groups is 4. The molecule has 2 rings (SSSR count). The summed E-state index contributed by atoms with van der Waals surface area (Å²) in [5.74, 6) is -2.65. The normalized spacial score (nSPS) is 13.9. The van der Waals surface area contributed by atoms with Crippen LogP contribution in [0.25, 0.3) is 10.9 Å². The molecular formula is C25H37N5O5. The van der Waals surface area contributed by atoms with Crippen LogP contribution in [0.1, 0.15) is 46.1 Å². The first-order chi connectivity index (χ1) is 16.5. The number of carboxylic acids is 1. The molecule has 0 saturated carbocycles. The van der Waals surface area contributed by atoms with Gasteiger partial charge in [-0.2, -0.15) is 0 Å². The maximum atomic E-state index is 13.3. The Morgan fingerprint density at radius 3 is 2.06 bits per heavy atom. The van der Waals surface area contributed by atoms with Gasteiger partial charge in [-0.1, -0.05) is 45.9 Å². The molecule has 1 aromatic carbocycles. The summed E-state index contributed by atoms with van der Waals surface area (Å²) in [5.41, 5.74) is 7.17. The minimum atomic E-state index is -1.13. The monoisotopic (exact) mass is 487 g/mol. The molecule has 0 spiro atoms. The fourth-order valence-electron chi connectivity index (χ4n) is 3.92. The number of fused-ring (bicyclic) bond motifs is 1. The van der Waals surface area contributed by atoms with Gasteiger partial charge >= 0.3 is 5.97 Å². The Balaban J connectivity index is 2.23. The summed E-state index contributed by atoms with van der Waals surface area (Å²) in [7, 11) is 0. The highest BCUT2D eigenvalue weighted by molar-refractivity contribution is 5.94. The Morgan fingerprint density at radius 2 is 1.46 bits per heavy atom. The molecule has 3 amide bonds. The van der Waals surface area contributed by atoms with Crippen LogP contribution in [0.4, 0.5) is 0 Å². The van der Waals surface area contributed by atoms with Crippen molar-refractivity contribution in [1.29, 1.82) is 0 Å². The number of rotatable bonds is 13. The van der Waals surface area contributed by atoms with Gasteiger partial charge in [-0.3, -0.25) is 14.4 Å². The average molecular weight is 488 g/mol. The second-order valence-electron chi connectivity index (χ2n) is 9.61. The van der Waals surface area contributed by atoms with Crippen molar-refractivity contribution in [1.82, 2.24) is 20.9 Å². The van der Waals surface area contributed by atoms with Crippen molar-refractivity contribution in [3.05, 3.63) is 36.0 Å². The van der Waals surface area contributed by atoms with Gasteiger partial charge in [0.1, 0.15) is 18.1 Å². The molecule has 0 bridgehead atoms. The third kappa shape index (κ3) is 8.40. The van der Waals surface area contributed by atoms with Crippen LogP contribution in [0.15, 0.2) is 30.5 Å². The lowest BCUT2D eigenvalue weighted by Crippen LogP contribution is -2.57. The van der Waals surface area contributed by atoms with E-state index in [1.807, 2.05) is 52.0 Å². The molecule has 35 heavy (non-hydrogen) atoms. The molecule has 0 saturated heterocycles. The molecule has 0 aliphatic rings. The van der Waals surface area contributed by atoms with Crippen molar-refractivity contribution in [3.63, 3.8) is 0 Å². The topological polar surface area (TPSA) is 166 Å². The van der Waals surface area contributed by atoms with Crippen molar-refractivity contribution in [2.24, 2.45) is 17.6 Å². The molecule has 10 heteroatoms. The van der Waals surface area contributed by atoms with E-state index in [-0.39, 0.29) is 31.2 Å². The van der Waals surface area contributed by atoms with Gasteiger partial charge in [0.25, 0.3) is 0 Å². The van der Waals surface area contributed by atoms with Crippen molar-refractivity contribution < 1.29 is 24.3 Å². The number of hydrogen-bond donors (Lipinski definition) is 6. The number of aromatic amines is 1. The fraction of sp³-hybridized carbons (Fsp3) is 0.520. The first-order valence-corrected chi connectivity index (χ1v) is 11.9. The summed E-state index contributed by atoms with van der Waals surface area (Å²) >= 11 is 0. The highest BCUT2D eigenvalue weighted by atomic mass is 16.4. The van der Waals surface area contributed by atoms with Gasteiger partial charge in [0.2, 0.25) is 17.7 Å². The highest BCUT2D eigenvalue weighted by Crippen LogP contribution is 2.19. The van der Waals surface area contributed by atoms with Gasteiger partial charge in [0.05, 0.1) is 6.54 Å². The summed E-state index contributed by atoms with van der Waals surface area (Å²) in [4.78, 5) is 53.1. The predicted octanol–water partition coefficient (Wildman–Crippen LogP) is 1.30. The molecule has 3 atom stereocenters. The molecule has 2 aromatic rings. The molecule has 1 heterocycles. The van der Waals surface area contributed by atoms with E-state index < -0.39 is 41.8 Å². The Labute approximate surface area is 205 Å². The lowest BCUT2D eigenvalue weighted by molar-refractivity contribution is -0.143. The highest BCUT2D eigenvalue weighted by Gasteiger charge is 2.30. The van der Waals surface area contributed by atoms with Crippen LogP contribution in [-0.2, 0) is 25.6 Å². The van der Waals surface area contributed by atoms with Crippen LogP contribution < -0.4 is 21.7 Å². The van der Waals surface area contributed by atoms with Gasteiger partial charge in [-0.05, 0) is 36.3 Å². The van der Waals surface area contributed by atoms with E-state index in [1.165, 1.54) is 0 Å². The van der Waals surface area contributed by atoms with Gasteiger partial charge in [0, 0.05) is 23.5 Å². The molecule has 0 aliphatic carbocycles. The van der Waals surface area contributed by atoms with Crippen LogP contribution >= 0.6 is 0 Å². The molecule has 10 nitrogen and oxygen atoms in total. The number of benzene rings is 1. The Kier molecular flexibility index (Phi) is 10.3.